The van der Waals surface area contributed by atoms with Crippen molar-refractivity contribution in [1.29, 1.82) is 0 Å². The van der Waals surface area contributed by atoms with Crippen LogP contribution >= 0.6 is 22.9 Å². The number of hydrogen-bond acceptors (Lipinski definition) is 9. The zero-order valence-corrected chi connectivity index (χ0v) is 24.1. The van der Waals surface area contributed by atoms with Gasteiger partial charge in [-0.15, -0.1) is 11.3 Å². The third kappa shape index (κ3) is 5.49. The number of aromatic nitrogens is 4. The Bertz CT molecular complexity index is 1900. The number of nitrogens with zero attached hydrogens (tertiary/aromatic N) is 5. The van der Waals surface area contributed by atoms with Gasteiger partial charge in [0.05, 0.1) is 35.9 Å². The SMILES string of the molecule is O=C(O)c1cc2c(nc(CN3CC=C(c4ncc(F)c(OCc5ccc(Cl)c6cc(F)oc56)n4)CC3)n2C[C@@H]2CCO2)s1. The van der Waals surface area contributed by atoms with Crippen molar-refractivity contribution in [2.45, 2.75) is 38.6 Å². The average Bonchev–Trinajstić information content (AvgIpc) is 3.65. The lowest BCUT2D eigenvalue weighted by atomic mass is 10.1. The van der Waals surface area contributed by atoms with Gasteiger partial charge < -0.3 is 23.6 Å². The van der Waals surface area contributed by atoms with E-state index in [1.807, 2.05) is 6.08 Å². The first-order valence-corrected chi connectivity index (χ1v) is 14.8. The third-order valence-corrected chi connectivity index (χ3v) is 8.96. The number of carboxylic acid groups (broad SMARTS) is 1. The normalized spacial score (nSPS) is 17.4. The molecule has 0 amide bonds. The number of furan rings is 1. The number of aromatic carboxylic acids is 1. The van der Waals surface area contributed by atoms with E-state index >= 15 is 0 Å². The summed E-state index contributed by atoms with van der Waals surface area (Å²) in [4.78, 5) is 28.0. The van der Waals surface area contributed by atoms with Crippen LogP contribution in [0.25, 0.3) is 26.9 Å². The van der Waals surface area contributed by atoms with Crippen LogP contribution in [0, 0.1) is 11.8 Å². The van der Waals surface area contributed by atoms with Gasteiger partial charge in [-0.05, 0) is 30.5 Å². The molecule has 222 valence electrons. The zero-order chi connectivity index (χ0) is 29.7. The standard InChI is InChI=1S/C29H24ClF2N5O5S/c30-19-2-1-16(25-18(19)9-23(32)42-25)14-41-27-20(31)11-33-26(35-27)15-3-6-36(7-4-15)13-24-34-28-21(10-22(43-28)29(38)39)37(24)12-17-5-8-40-17/h1-3,9-11,17H,4-8,12-14H2,(H,38,39)/t17-/m0/s1. The van der Waals surface area contributed by atoms with E-state index in [9.17, 15) is 18.7 Å². The highest BCUT2D eigenvalue weighted by Gasteiger charge is 2.25. The molecular formula is C29H24ClF2N5O5S. The Kier molecular flexibility index (Phi) is 7.33. The second-order valence-corrected chi connectivity index (χ2v) is 11.8. The molecule has 7 rings (SSSR count). The lowest BCUT2D eigenvalue weighted by molar-refractivity contribution is -0.0591. The molecule has 0 spiro atoms. The van der Waals surface area contributed by atoms with E-state index < -0.39 is 17.8 Å². The first-order chi connectivity index (χ1) is 20.8. The van der Waals surface area contributed by atoms with Crippen LogP contribution in [0.5, 0.6) is 5.88 Å². The fraction of sp³-hybridized carbons (Fsp3) is 0.310. The second-order valence-electron chi connectivity index (χ2n) is 10.4. The summed E-state index contributed by atoms with van der Waals surface area (Å²) in [5.74, 6) is -0.675. The molecular weight excluding hydrogens is 604 g/mol. The van der Waals surface area contributed by atoms with Crippen LogP contribution in [0.1, 0.15) is 39.7 Å². The number of hydrogen-bond donors (Lipinski definition) is 1. The maximum Gasteiger partial charge on any atom is 0.346 e. The molecule has 1 saturated heterocycles. The van der Waals surface area contributed by atoms with Gasteiger partial charge in [0.1, 0.15) is 27.7 Å². The Hall–Kier alpha value is -3.91. The molecule has 0 bridgehead atoms. The van der Waals surface area contributed by atoms with Gasteiger partial charge in [-0.2, -0.15) is 13.8 Å². The molecule has 1 aromatic carbocycles. The predicted molar refractivity (Wildman–Crippen MR) is 154 cm³/mol. The molecule has 14 heteroatoms. The van der Waals surface area contributed by atoms with Gasteiger partial charge in [0.15, 0.2) is 5.82 Å². The molecule has 1 atom stereocenters. The Morgan fingerprint density at radius 2 is 2.12 bits per heavy atom. The van der Waals surface area contributed by atoms with Crippen LogP contribution in [0.4, 0.5) is 8.78 Å². The molecule has 0 saturated carbocycles. The van der Waals surface area contributed by atoms with Crippen molar-refractivity contribution < 1.29 is 32.6 Å². The van der Waals surface area contributed by atoms with Crippen molar-refractivity contribution in [3.05, 3.63) is 75.5 Å². The van der Waals surface area contributed by atoms with Crippen molar-refractivity contribution >= 4 is 55.8 Å². The van der Waals surface area contributed by atoms with Crippen LogP contribution in [0.15, 0.2) is 41.0 Å². The highest BCUT2D eigenvalue weighted by Crippen LogP contribution is 2.32. The number of carboxylic acids is 1. The lowest BCUT2D eigenvalue weighted by Gasteiger charge is -2.29. The summed E-state index contributed by atoms with van der Waals surface area (Å²) in [7, 11) is 0. The van der Waals surface area contributed by atoms with Crippen molar-refractivity contribution in [3.63, 3.8) is 0 Å². The lowest BCUT2D eigenvalue weighted by Crippen LogP contribution is -2.33. The Morgan fingerprint density at radius 1 is 1.26 bits per heavy atom. The van der Waals surface area contributed by atoms with Crippen LogP contribution in [0.2, 0.25) is 5.02 Å². The summed E-state index contributed by atoms with van der Waals surface area (Å²) in [5.41, 5.74) is 2.40. The van der Waals surface area contributed by atoms with Gasteiger partial charge in [-0.25, -0.2) is 14.8 Å². The Labute approximate surface area is 252 Å². The van der Waals surface area contributed by atoms with E-state index in [1.165, 1.54) is 17.4 Å². The summed E-state index contributed by atoms with van der Waals surface area (Å²) in [6, 6.07) is 5.33. The van der Waals surface area contributed by atoms with Gasteiger partial charge in [-0.3, -0.25) is 4.90 Å². The minimum absolute atomic E-state index is 0.0928. The fourth-order valence-corrected chi connectivity index (χ4v) is 6.36. The summed E-state index contributed by atoms with van der Waals surface area (Å²) in [6.45, 7) is 3.11. The predicted octanol–water partition coefficient (Wildman–Crippen LogP) is 5.92. The summed E-state index contributed by atoms with van der Waals surface area (Å²) in [6.07, 6.45) is 4.75. The number of thiophene rings is 1. The van der Waals surface area contributed by atoms with E-state index in [4.69, 9.17) is 30.5 Å². The van der Waals surface area contributed by atoms with Crippen molar-refractivity contribution in [2.24, 2.45) is 0 Å². The minimum Gasteiger partial charge on any atom is -0.477 e. The molecule has 1 N–H and O–H groups in total. The molecule has 2 aliphatic heterocycles. The van der Waals surface area contributed by atoms with Gasteiger partial charge in [0, 0.05) is 36.7 Å². The second kappa shape index (κ2) is 11.3. The van der Waals surface area contributed by atoms with Gasteiger partial charge in [0.25, 0.3) is 11.9 Å². The molecule has 5 aromatic rings. The third-order valence-electron chi connectivity index (χ3n) is 7.62. The molecule has 0 unspecified atom stereocenters. The van der Waals surface area contributed by atoms with Crippen molar-refractivity contribution in [3.8, 4) is 5.88 Å². The van der Waals surface area contributed by atoms with E-state index in [0.29, 0.717) is 59.2 Å². The maximum absolute atomic E-state index is 14.6. The minimum atomic E-state index is -0.962. The van der Waals surface area contributed by atoms with Crippen molar-refractivity contribution in [2.75, 3.05) is 19.7 Å². The van der Waals surface area contributed by atoms with Gasteiger partial charge in [-0.1, -0.05) is 23.7 Å². The molecule has 4 aromatic heterocycles. The monoisotopic (exact) mass is 627 g/mol. The summed E-state index contributed by atoms with van der Waals surface area (Å²) < 4.78 is 46.8. The first-order valence-electron chi connectivity index (χ1n) is 13.6. The van der Waals surface area contributed by atoms with Crippen LogP contribution in [-0.2, 0) is 24.4 Å². The number of halogens is 3. The molecule has 0 aliphatic carbocycles. The van der Waals surface area contributed by atoms with E-state index in [2.05, 4.69) is 19.4 Å². The van der Waals surface area contributed by atoms with Crippen molar-refractivity contribution in [1.82, 2.24) is 24.4 Å². The van der Waals surface area contributed by atoms with Crippen LogP contribution in [-0.4, -0.2) is 61.3 Å². The fourth-order valence-electron chi connectivity index (χ4n) is 5.27. The number of imidazole rings is 1. The Balaban J connectivity index is 1.05. The zero-order valence-electron chi connectivity index (χ0n) is 22.6. The topological polar surface area (TPSA) is 116 Å². The molecule has 2 aliphatic rings. The van der Waals surface area contributed by atoms with Crippen LogP contribution in [0.3, 0.4) is 0 Å². The molecule has 1 fully saturated rings. The maximum atomic E-state index is 14.6. The van der Waals surface area contributed by atoms with Gasteiger partial charge in [0.2, 0.25) is 5.82 Å². The summed E-state index contributed by atoms with van der Waals surface area (Å²) >= 11 is 7.30. The number of rotatable bonds is 9. The first kappa shape index (κ1) is 27.9. The molecule has 0 radical (unpaired) electrons. The molecule has 6 heterocycles. The highest BCUT2D eigenvalue weighted by molar-refractivity contribution is 7.20. The van der Waals surface area contributed by atoms with Crippen LogP contribution < -0.4 is 4.74 Å². The molecule has 10 nitrogen and oxygen atoms in total. The largest absolute Gasteiger partial charge is 0.477 e. The number of carbonyl (C=O) groups is 1. The smallest absolute Gasteiger partial charge is 0.346 e. The van der Waals surface area contributed by atoms with E-state index in [1.54, 1.807) is 18.2 Å². The molecule has 43 heavy (non-hydrogen) atoms. The van der Waals surface area contributed by atoms with E-state index in [-0.39, 0.29) is 29.1 Å². The highest BCUT2D eigenvalue weighted by atomic mass is 35.5. The van der Waals surface area contributed by atoms with Gasteiger partial charge >= 0.3 is 5.97 Å². The average molecular weight is 628 g/mol. The Morgan fingerprint density at radius 3 is 2.86 bits per heavy atom. The number of fused-ring (bicyclic) bond motifs is 2. The quantitative estimate of drug-likeness (QED) is 0.213. The summed E-state index contributed by atoms with van der Waals surface area (Å²) in [5, 5.41) is 10.2. The number of benzene rings is 1. The van der Waals surface area contributed by atoms with E-state index in [0.717, 1.165) is 36.1 Å². The number of ether oxygens (including phenoxy) is 2.